The molecule has 194 valence electrons. The first-order valence-corrected chi connectivity index (χ1v) is 10.5. The van der Waals surface area contributed by atoms with Crippen LogP contribution in [0, 0.1) is 12.7 Å². The van der Waals surface area contributed by atoms with Gasteiger partial charge in [0.05, 0.1) is 17.2 Å². The van der Waals surface area contributed by atoms with E-state index in [0.29, 0.717) is 31.6 Å². The highest BCUT2D eigenvalue weighted by Crippen LogP contribution is 2.36. The quantitative estimate of drug-likeness (QED) is 0.473. The summed E-state index contributed by atoms with van der Waals surface area (Å²) in [5.41, 5.74) is -1.05. The number of nitrogens with zero attached hydrogens (tertiary/aromatic N) is 2. The highest BCUT2D eigenvalue weighted by atomic mass is 19.4. The van der Waals surface area contributed by atoms with Crippen LogP contribution >= 0.6 is 0 Å². The first-order valence-electron chi connectivity index (χ1n) is 10.5. The largest absolute Gasteiger partial charge is 0.661 e. The van der Waals surface area contributed by atoms with Crippen LogP contribution in [0.1, 0.15) is 40.3 Å². The van der Waals surface area contributed by atoms with Gasteiger partial charge in [-0.05, 0) is 61.3 Å². The minimum atomic E-state index is -4.80. The molecule has 0 unspecified atom stereocenters. The molecule has 1 aliphatic rings. The normalized spacial score (nSPS) is 16.8. The smallest absolute Gasteiger partial charge is 0.416 e. The van der Waals surface area contributed by atoms with Crippen molar-refractivity contribution in [1.29, 1.82) is 0 Å². The van der Waals surface area contributed by atoms with Crippen molar-refractivity contribution < 1.29 is 40.6 Å². The Balaban J connectivity index is 0.000000247. The maximum Gasteiger partial charge on any atom is 0.416 e. The van der Waals surface area contributed by atoms with Gasteiger partial charge in [-0.1, -0.05) is 11.6 Å². The Hall–Kier alpha value is -2.86. The third-order valence-electron chi connectivity index (χ3n) is 5.32. The van der Waals surface area contributed by atoms with Crippen LogP contribution in [0.15, 0.2) is 36.4 Å². The van der Waals surface area contributed by atoms with Crippen molar-refractivity contribution in [3.05, 3.63) is 75.3 Å². The topological polar surface area (TPSA) is 66.7 Å². The molecule has 12 heteroatoms. The van der Waals surface area contributed by atoms with Crippen LogP contribution in [0.2, 0.25) is 0 Å². The predicted octanol–water partition coefficient (Wildman–Crippen LogP) is 6.38. The summed E-state index contributed by atoms with van der Waals surface area (Å²) >= 11 is 0. The number of halogens is 7. The second kappa shape index (κ2) is 11.7. The van der Waals surface area contributed by atoms with E-state index in [1.54, 1.807) is 6.07 Å². The van der Waals surface area contributed by atoms with Gasteiger partial charge in [-0.3, -0.25) is 4.90 Å². The monoisotopic (exact) mass is 508 g/mol. The van der Waals surface area contributed by atoms with Crippen LogP contribution in [-0.2, 0) is 18.9 Å². The molecule has 1 saturated heterocycles. The lowest BCUT2D eigenvalue weighted by atomic mass is 9.97. The van der Waals surface area contributed by atoms with Crippen LogP contribution in [0.3, 0.4) is 0 Å². The van der Waals surface area contributed by atoms with Crippen molar-refractivity contribution in [2.45, 2.75) is 38.3 Å². The number of amides is 1. The number of hydrogen-bond acceptors (Lipinski definition) is 2. The second-order valence-electron chi connectivity index (χ2n) is 7.92. The molecule has 2 aromatic rings. The van der Waals surface area contributed by atoms with E-state index in [2.05, 4.69) is 10.6 Å². The van der Waals surface area contributed by atoms with E-state index in [4.69, 9.17) is 0 Å². The molecule has 0 radical (unpaired) electrons. The fourth-order valence-electron chi connectivity index (χ4n) is 3.73. The second-order valence-corrected chi connectivity index (χ2v) is 7.92. The number of alkyl halides is 6. The molecule has 5 nitrogen and oxygen atoms in total. The third-order valence-corrected chi connectivity index (χ3v) is 5.32. The van der Waals surface area contributed by atoms with Crippen LogP contribution in [0.4, 0.5) is 35.5 Å². The predicted molar refractivity (Wildman–Crippen MR) is 116 cm³/mol. The van der Waals surface area contributed by atoms with Gasteiger partial charge in [0.2, 0.25) is 0 Å². The lowest BCUT2D eigenvalue weighted by molar-refractivity contribution is -0.143. The number of carbonyl (C=O) groups is 1. The molecule has 1 heterocycles. The van der Waals surface area contributed by atoms with E-state index >= 15 is 0 Å². The summed E-state index contributed by atoms with van der Waals surface area (Å²) < 4.78 is 87.4. The Morgan fingerprint density at radius 1 is 1.06 bits per heavy atom. The van der Waals surface area contributed by atoms with Crippen molar-refractivity contribution in [3.63, 3.8) is 0 Å². The van der Waals surface area contributed by atoms with Gasteiger partial charge in [0.25, 0.3) is 0 Å². The van der Waals surface area contributed by atoms with Crippen molar-refractivity contribution >= 4 is 6.09 Å². The molecule has 2 N–H and O–H groups in total. The number of hydrogen-bond donors (Lipinski definition) is 2. The highest BCUT2D eigenvalue weighted by Gasteiger charge is 2.36. The minimum absolute atomic E-state index is 0.0964. The van der Waals surface area contributed by atoms with E-state index < -0.39 is 29.6 Å². The van der Waals surface area contributed by atoms with Gasteiger partial charge >= 0.3 is 18.4 Å². The van der Waals surface area contributed by atoms with Crippen molar-refractivity contribution in [3.8, 4) is 0 Å². The van der Waals surface area contributed by atoms with Gasteiger partial charge in [0.15, 0.2) is 0 Å². The molecule has 3 rings (SSSR count). The Morgan fingerprint density at radius 2 is 1.66 bits per heavy atom. The Morgan fingerprint density at radius 3 is 2.14 bits per heavy atom. The number of aryl methyl sites for hydroxylation is 1. The van der Waals surface area contributed by atoms with Crippen LogP contribution < -0.4 is 5.32 Å². The lowest BCUT2D eigenvalue weighted by Crippen LogP contribution is -2.35. The van der Waals surface area contributed by atoms with Crippen molar-refractivity contribution in [2.24, 2.45) is 0 Å². The van der Waals surface area contributed by atoms with Crippen LogP contribution in [0.25, 0.3) is 5.32 Å². The van der Waals surface area contributed by atoms with Crippen molar-refractivity contribution in [1.82, 2.24) is 10.2 Å². The number of rotatable bonds is 3. The summed E-state index contributed by atoms with van der Waals surface area (Å²) in [6, 6.07) is 5.77. The summed E-state index contributed by atoms with van der Waals surface area (Å²) in [7, 11) is 1.31. The molecule has 1 amide bonds. The molecular weight excluding hydrogens is 483 g/mol. The molecule has 1 aliphatic heterocycles. The van der Waals surface area contributed by atoms with E-state index in [1.165, 1.54) is 24.1 Å². The summed E-state index contributed by atoms with van der Waals surface area (Å²) in [6.07, 6.45) is -9.82. The fraction of sp³-hybridized carbons (Fsp3) is 0.435. The Labute approximate surface area is 197 Å². The zero-order valence-electron chi connectivity index (χ0n) is 19.0. The standard InChI is InChI=1S/C13H17FN2O2.C10H8F6N/c1-9-8-10(14)2-3-11(9)12-4-5-15-6-7-16(12)13(17)18;1-17-5-6-2-7(9(11,12)13)4-8(3-6)10(14,15)16/h2-3,8,12,15H,4-7H2,1H3,(H,17,18);2-4H,5H2,1H3/q;-1/t12-;/m1./s1. The molecule has 0 aliphatic carbocycles. The molecule has 0 bridgehead atoms. The molecule has 1 atom stereocenters. The van der Waals surface area contributed by atoms with E-state index in [9.17, 15) is 40.6 Å². The summed E-state index contributed by atoms with van der Waals surface area (Å²) in [5.74, 6) is -0.287. The summed E-state index contributed by atoms with van der Waals surface area (Å²) in [4.78, 5) is 12.7. The molecule has 0 spiro atoms. The zero-order chi connectivity index (χ0) is 26.4. The summed E-state index contributed by atoms with van der Waals surface area (Å²) in [5, 5.41) is 16.0. The molecule has 2 aromatic carbocycles. The molecule has 0 aromatic heterocycles. The maximum atomic E-state index is 13.1. The molecule has 35 heavy (non-hydrogen) atoms. The average molecular weight is 508 g/mol. The van der Waals surface area contributed by atoms with Crippen molar-refractivity contribution in [2.75, 3.05) is 26.7 Å². The Kier molecular flexibility index (Phi) is 9.50. The van der Waals surface area contributed by atoms with Gasteiger partial charge in [-0.15, -0.1) is 6.54 Å². The number of nitrogens with one attached hydrogen (secondary N) is 1. The highest BCUT2D eigenvalue weighted by molar-refractivity contribution is 5.66. The van der Waals surface area contributed by atoms with Gasteiger partial charge in [-0.25, -0.2) is 9.18 Å². The van der Waals surface area contributed by atoms with Gasteiger partial charge < -0.3 is 15.7 Å². The number of benzene rings is 2. The fourth-order valence-corrected chi connectivity index (χ4v) is 3.73. The minimum Gasteiger partial charge on any atom is -0.661 e. The molecule has 0 saturated carbocycles. The third kappa shape index (κ3) is 8.10. The van der Waals surface area contributed by atoms with E-state index in [0.717, 1.165) is 17.7 Å². The zero-order valence-corrected chi connectivity index (χ0v) is 19.0. The van der Waals surface area contributed by atoms with Gasteiger partial charge in [-0.2, -0.15) is 33.4 Å². The lowest BCUT2D eigenvalue weighted by Gasteiger charge is -2.28. The number of carboxylic acid groups (broad SMARTS) is 1. The maximum absolute atomic E-state index is 13.1. The van der Waals surface area contributed by atoms with Gasteiger partial charge in [0.1, 0.15) is 5.82 Å². The molecular formula is C23H25F7N3O2-. The van der Waals surface area contributed by atoms with Crippen LogP contribution in [0.5, 0.6) is 0 Å². The van der Waals surface area contributed by atoms with E-state index in [-0.39, 0.29) is 30.0 Å². The average Bonchev–Trinajstić information content (AvgIpc) is 2.99. The van der Waals surface area contributed by atoms with Crippen LogP contribution in [-0.4, -0.2) is 42.8 Å². The Bertz CT molecular complexity index is 977. The summed E-state index contributed by atoms with van der Waals surface area (Å²) in [6.45, 7) is 3.51. The molecule has 1 fully saturated rings. The van der Waals surface area contributed by atoms with Gasteiger partial charge in [0, 0.05) is 13.1 Å². The first-order chi connectivity index (χ1) is 16.2. The van der Waals surface area contributed by atoms with E-state index in [1.807, 2.05) is 6.92 Å². The first kappa shape index (κ1) is 28.4. The SMILES string of the molecule is C[N-]Cc1cc(C(F)(F)F)cc(C(F)(F)F)c1.Cc1cc(F)ccc1[C@H]1CCNCCN1C(=O)O.